The van der Waals surface area contributed by atoms with Crippen LogP contribution in [0.3, 0.4) is 0 Å². The number of rotatable bonds is 0. The molecule has 1 atom stereocenters. The van der Waals surface area contributed by atoms with Gasteiger partial charge in [0.15, 0.2) is 0 Å². The third-order valence-corrected chi connectivity index (χ3v) is 2.24. The average molecular weight is 138 g/mol. The van der Waals surface area contributed by atoms with Gasteiger partial charge in [0.2, 0.25) is 0 Å². The van der Waals surface area contributed by atoms with E-state index >= 15 is 0 Å². The van der Waals surface area contributed by atoms with Crippen molar-refractivity contribution in [3.8, 4) is 0 Å². The zero-order valence-corrected chi connectivity index (χ0v) is 6.97. The van der Waals surface area contributed by atoms with E-state index in [9.17, 15) is 0 Å². The number of allylic oxidation sites excluding steroid dienone is 2. The predicted molar refractivity (Wildman–Crippen MR) is 46.0 cm³/mol. The summed E-state index contributed by atoms with van der Waals surface area (Å²) in [5, 5.41) is 0. The van der Waals surface area contributed by atoms with Crippen LogP contribution in [-0.4, -0.2) is 0 Å². The van der Waals surface area contributed by atoms with Crippen molar-refractivity contribution in [2.75, 3.05) is 0 Å². The van der Waals surface area contributed by atoms with Gasteiger partial charge in [0, 0.05) is 0 Å². The van der Waals surface area contributed by atoms with Crippen molar-refractivity contribution in [2.24, 2.45) is 5.92 Å². The Labute approximate surface area is 64.3 Å². The molecular weight excluding hydrogens is 120 g/mol. The molecule has 0 heterocycles. The molecule has 0 amide bonds. The van der Waals surface area contributed by atoms with Crippen LogP contribution in [0.2, 0.25) is 0 Å². The minimum Gasteiger partial charge on any atom is -0.0883 e. The fourth-order valence-corrected chi connectivity index (χ4v) is 1.51. The Bertz CT molecular complexity index is 103. The molecule has 10 heavy (non-hydrogen) atoms. The second-order valence-electron chi connectivity index (χ2n) is 3.40. The molecule has 0 saturated heterocycles. The molecule has 1 unspecified atom stereocenters. The van der Waals surface area contributed by atoms with E-state index in [1.165, 1.54) is 38.5 Å². The van der Waals surface area contributed by atoms with Gasteiger partial charge in [0.25, 0.3) is 0 Å². The van der Waals surface area contributed by atoms with E-state index in [1.54, 1.807) is 0 Å². The van der Waals surface area contributed by atoms with Crippen LogP contribution in [0.5, 0.6) is 0 Å². The molecule has 0 heteroatoms. The molecule has 1 aliphatic carbocycles. The highest BCUT2D eigenvalue weighted by atomic mass is 14.0. The van der Waals surface area contributed by atoms with E-state index < -0.39 is 0 Å². The smallest absolute Gasteiger partial charge is 0.0262 e. The number of hydrogen-bond donors (Lipinski definition) is 0. The predicted octanol–water partition coefficient (Wildman–Crippen LogP) is 3.53. The molecule has 0 bridgehead atoms. The normalized spacial score (nSPS) is 31.9. The zero-order valence-electron chi connectivity index (χ0n) is 6.97. The van der Waals surface area contributed by atoms with Crippen molar-refractivity contribution in [2.45, 2.75) is 45.4 Å². The Morgan fingerprint density at radius 2 is 1.90 bits per heavy atom. The zero-order chi connectivity index (χ0) is 7.23. The minimum absolute atomic E-state index is 0.832. The minimum atomic E-state index is 0.832. The van der Waals surface area contributed by atoms with Crippen molar-refractivity contribution in [1.29, 1.82) is 0 Å². The lowest BCUT2D eigenvalue weighted by atomic mass is 10.0. The van der Waals surface area contributed by atoms with Crippen LogP contribution in [-0.2, 0) is 0 Å². The van der Waals surface area contributed by atoms with Crippen molar-refractivity contribution in [3.05, 3.63) is 12.2 Å². The van der Waals surface area contributed by atoms with Crippen LogP contribution in [0, 0.1) is 5.92 Å². The molecule has 1 aliphatic rings. The SMILES string of the molecule is CC1/C=C\CCCCCC1. The quantitative estimate of drug-likeness (QED) is 0.449. The van der Waals surface area contributed by atoms with Gasteiger partial charge in [-0.2, -0.15) is 0 Å². The summed E-state index contributed by atoms with van der Waals surface area (Å²) in [7, 11) is 0. The van der Waals surface area contributed by atoms with E-state index in [0.717, 1.165) is 5.92 Å². The molecule has 0 N–H and O–H groups in total. The summed E-state index contributed by atoms with van der Waals surface area (Å²) in [5.74, 6) is 0.832. The third kappa shape index (κ3) is 3.05. The van der Waals surface area contributed by atoms with Gasteiger partial charge >= 0.3 is 0 Å². The van der Waals surface area contributed by atoms with Gasteiger partial charge in [-0.25, -0.2) is 0 Å². The van der Waals surface area contributed by atoms with Crippen LogP contribution in [0.15, 0.2) is 12.2 Å². The Kier molecular flexibility index (Phi) is 3.56. The summed E-state index contributed by atoms with van der Waals surface area (Å²) in [6.07, 6.45) is 13.2. The second kappa shape index (κ2) is 4.54. The van der Waals surface area contributed by atoms with Crippen LogP contribution in [0.4, 0.5) is 0 Å². The van der Waals surface area contributed by atoms with Gasteiger partial charge in [0.05, 0.1) is 0 Å². The summed E-state index contributed by atoms with van der Waals surface area (Å²) in [5.41, 5.74) is 0. The maximum atomic E-state index is 2.38. The first-order chi connectivity index (χ1) is 4.89. The monoisotopic (exact) mass is 138 g/mol. The van der Waals surface area contributed by atoms with E-state index in [0.29, 0.717) is 0 Å². The van der Waals surface area contributed by atoms with Crippen molar-refractivity contribution in [3.63, 3.8) is 0 Å². The second-order valence-corrected chi connectivity index (χ2v) is 3.40. The van der Waals surface area contributed by atoms with Crippen LogP contribution in [0.25, 0.3) is 0 Å². The standard InChI is InChI=1S/C10H18/c1-10-8-6-4-2-3-5-7-9-10/h6,8,10H,2-5,7,9H2,1H3/b8-6-. The Morgan fingerprint density at radius 3 is 2.80 bits per heavy atom. The summed E-state index contributed by atoms with van der Waals surface area (Å²) < 4.78 is 0. The highest BCUT2D eigenvalue weighted by molar-refractivity contribution is 4.86. The maximum absolute atomic E-state index is 2.38. The molecular formula is C10H18. The lowest BCUT2D eigenvalue weighted by Gasteiger charge is -2.02. The first-order valence-electron chi connectivity index (χ1n) is 4.56. The Hall–Kier alpha value is -0.260. The molecule has 0 aromatic heterocycles. The van der Waals surface area contributed by atoms with Crippen LogP contribution in [0.1, 0.15) is 45.4 Å². The van der Waals surface area contributed by atoms with Gasteiger partial charge in [0.1, 0.15) is 0 Å². The lowest BCUT2D eigenvalue weighted by Crippen LogP contribution is -1.87. The van der Waals surface area contributed by atoms with Gasteiger partial charge in [-0.15, -0.1) is 0 Å². The van der Waals surface area contributed by atoms with Gasteiger partial charge in [-0.05, 0) is 25.2 Å². The fraction of sp³-hybridized carbons (Fsp3) is 0.800. The molecule has 0 aliphatic heterocycles. The largest absolute Gasteiger partial charge is 0.0883 e. The summed E-state index contributed by atoms with van der Waals surface area (Å²) in [4.78, 5) is 0. The van der Waals surface area contributed by atoms with Gasteiger partial charge < -0.3 is 0 Å². The summed E-state index contributed by atoms with van der Waals surface area (Å²) >= 11 is 0. The van der Waals surface area contributed by atoms with Crippen molar-refractivity contribution in [1.82, 2.24) is 0 Å². The first-order valence-corrected chi connectivity index (χ1v) is 4.56. The Balaban J connectivity index is 2.28. The average Bonchev–Trinajstić information content (AvgIpc) is 2.02. The molecule has 0 nitrogen and oxygen atoms in total. The van der Waals surface area contributed by atoms with Crippen molar-refractivity contribution >= 4 is 0 Å². The van der Waals surface area contributed by atoms with Crippen LogP contribution >= 0.6 is 0 Å². The van der Waals surface area contributed by atoms with E-state index in [1.807, 2.05) is 0 Å². The van der Waals surface area contributed by atoms with E-state index in [4.69, 9.17) is 0 Å². The third-order valence-electron chi connectivity index (χ3n) is 2.24. The van der Waals surface area contributed by atoms with Crippen molar-refractivity contribution < 1.29 is 0 Å². The fourth-order valence-electron chi connectivity index (χ4n) is 1.51. The molecule has 0 saturated carbocycles. The summed E-state index contributed by atoms with van der Waals surface area (Å²) in [6, 6.07) is 0. The lowest BCUT2D eigenvalue weighted by molar-refractivity contribution is 0.566. The molecule has 0 spiro atoms. The molecule has 1 rings (SSSR count). The van der Waals surface area contributed by atoms with Crippen LogP contribution < -0.4 is 0 Å². The topological polar surface area (TPSA) is 0 Å². The van der Waals surface area contributed by atoms with E-state index in [-0.39, 0.29) is 0 Å². The maximum Gasteiger partial charge on any atom is -0.0262 e. The number of hydrogen-bond acceptors (Lipinski definition) is 0. The van der Waals surface area contributed by atoms with Gasteiger partial charge in [-0.3, -0.25) is 0 Å². The summed E-state index contributed by atoms with van der Waals surface area (Å²) in [6.45, 7) is 2.32. The van der Waals surface area contributed by atoms with Gasteiger partial charge in [-0.1, -0.05) is 38.3 Å². The molecule has 0 radical (unpaired) electrons. The first kappa shape index (κ1) is 7.84. The molecule has 0 aromatic carbocycles. The highest BCUT2D eigenvalue weighted by Crippen LogP contribution is 2.15. The Morgan fingerprint density at radius 1 is 1.10 bits per heavy atom. The molecule has 0 aromatic rings. The van der Waals surface area contributed by atoms with E-state index in [2.05, 4.69) is 19.1 Å². The highest BCUT2D eigenvalue weighted by Gasteiger charge is 1.98. The molecule has 58 valence electrons. The molecule has 0 fully saturated rings.